The number of carbonyl (C=O) groups is 1. The molecule has 0 atom stereocenters. The molecule has 1 heterocycles. The Morgan fingerprint density at radius 2 is 2.05 bits per heavy atom. The summed E-state index contributed by atoms with van der Waals surface area (Å²) in [6, 6.07) is 7.93. The minimum Gasteiger partial charge on any atom is -0.461 e. The van der Waals surface area contributed by atoms with E-state index in [4.69, 9.17) is 4.74 Å². The molecule has 4 nitrogen and oxygen atoms in total. The summed E-state index contributed by atoms with van der Waals surface area (Å²) in [7, 11) is 0. The van der Waals surface area contributed by atoms with Gasteiger partial charge in [0.15, 0.2) is 5.69 Å². The lowest BCUT2D eigenvalue weighted by molar-refractivity contribution is 0.0517. The van der Waals surface area contributed by atoms with Crippen molar-refractivity contribution in [1.82, 2.24) is 9.55 Å². The lowest BCUT2D eigenvalue weighted by Gasteiger charge is -2.10. The molecule has 0 radical (unpaired) electrons. The Hall–Kier alpha value is -2.36. The van der Waals surface area contributed by atoms with Crippen molar-refractivity contribution in [1.29, 1.82) is 0 Å². The molecule has 0 spiro atoms. The normalized spacial score (nSPS) is 10.2. The topological polar surface area (TPSA) is 44.1 Å². The van der Waals surface area contributed by atoms with Crippen molar-refractivity contribution in [3.8, 4) is 0 Å². The van der Waals surface area contributed by atoms with Gasteiger partial charge in [0.1, 0.15) is 0 Å². The highest BCUT2D eigenvalue weighted by molar-refractivity contribution is 5.89. The molecule has 4 heteroatoms. The summed E-state index contributed by atoms with van der Waals surface area (Å²) in [5.74, 6) is -0.395. The van der Waals surface area contributed by atoms with E-state index < -0.39 is 5.97 Å². The van der Waals surface area contributed by atoms with Gasteiger partial charge in [-0.2, -0.15) is 0 Å². The van der Waals surface area contributed by atoms with Crippen LogP contribution in [0, 0.1) is 6.92 Å². The molecular weight excluding hydrogens is 240 g/mol. The second kappa shape index (κ2) is 5.52. The van der Waals surface area contributed by atoms with Crippen LogP contribution >= 0.6 is 0 Å². The Kier molecular flexibility index (Phi) is 3.80. The predicted molar refractivity (Wildman–Crippen MR) is 73.8 cm³/mol. The fourth-order valence-electron chi connectivity index (χ4n) is 1.75. The third-order valence-electron chi connectivity index (χ3n) is 2.80. The highest BCUT2D eigenvalue weighted by atomic mass is 16.5. The molecular formula is C15H16N2O2. The van der Waals surface area contributed by atoms with Gasteiger partial charge < -0.3 is 4.74 Å². The molecule has 0 fully saturated rings. The lowest BCUT2D eigenvalue weighted by Crippen LogP contribution is -2.11. The van der Waals surface area contributed by atoms with Gasteiger partial charge >= 0.3 is 5.97 Å². The number of nitrogens with zero attached hydrogens (tertiary/aromatic N) is 2. The molecule has 0 aliphatic carbocycles. The zero-order chi connectivity index (χ0) is 13.8. The van der Waals surface area contributed by atoms with Crippen LogP contribution in [0.1, 0.15) is 28.5 Å². The van der Waals surface area contributed by atoms with Gasteiger partial charge in [0, 0.05) is 5.70 Å². The van der Waals surface area contributed by atoms with Crippen molar-refractivity contribution in [2.45, 2.75) is 13.8 Å². The highest BCUT2D eigenvalue weighted by Gasteiger charge is 2.15. The maximum Gasteiger partial charge on any atom is 0.356 e. The number of ether oxygens (including phenoxy) is 1. The minimum absolute atomic E-state index is 0.334. The van der Waals surface area contributed by atoms with Crippen LogP contribution in [-0.4, -0.2) is 22.1 Å². The Bertz CT molecular complexity index is 597. The fraction of sp³-hybridized carbons (Fsp3) is 0.200. The second-order valence-corrected chi connectivity index (χ2v) is 4.18. The number of esters is 1. The van der Waals surface area contributed by atoms with Crippen LogP contribution in [0.25, 0.3) is 5.70 Å². The van der Waals surface area contributed by atoms with E-state index >= 15 is 0 Å². The van der Waals surface area contributed by atoms with Gasteiger partial charge in [-0.05, 0) is 19.4 Å². The highest BCUT2D eigenvalue weighted by Crippen LogP contribution is 2.18. The molecule has 0 N–H and O–H groups in total. The Morgan fingerprint density at radius 3 is 2.68 bits per heavy atom. The van der Waals surface area contributed by atoms with Gasteiger partial charge in [-0.25, -0.2) is 9.78 Å². The smallest absolute Gasteiger partial charge is 0.356 e. The summed E-state index contributed by atoms with van der Waals surface area (Å²) in [5, 5.41) is 0. The van der Waals surface area contributed by atoms with Crippen LogP contribution in [0.5, 0.6) is 0 Å². The van der Waals surface area contributed by atoms with Crippen LogP contribution in [0.4, 0.5) is 0 Å². The monoisotopic (exact) mass is 256 g/mol. The quantitative estimate of drug-likeness (QED) is 0.790. The standard InChI is InChI=1S/C15H16N2O2/c1-4-19-15(18)14-9-16-10-17(14)12(3)13-7-5-11(2)6-8-13/h5-10H,3-4H2,1-2H3. The summed E-state index contributed by atoms with van der Waals surface area (Å²) in [6.07, 6.45) is 3.05. The zero-order valence-corrected chi connectivity index (χ0v) is 11.1. The first kappa shape index (κ1) is 13.1. The van der Waals surface area contributed by atoms with E-state index in [1.165, 1.54) is 11.8 Å². The molecule has 1 aromatic carbocycles. The maximum atomic E-state index is 11.8. The first-order chi connectivity index (χ1) is 9.13. The number of imidazole rings is 1. The largest absolute Gasteiger partial charge is 0.461 e. The van der Waals surface area contributed by atoms with Gasteiger partial charge in [-0.3, -0.25) is 4.57 Å². The van der Waals surface area contributed by atoms with Crippen LogP contribution < -0.4 is 0 Å². The summed E-state index contributed by atoms with van der Waals surface area (Å²) < 4.78 is 6.63. The molecule has 1 aromatic heterocycles. The summed E-state index contributed by atoms with van der Waals surface area (Å²) >= 11 is 0. The molecule has 98 valence electrons. The van der Waals surface area contributed by atoms with Crippen molar-refractivity contribution in [3.63, 3.8) is 0 Å². The molecule has 0 bridgehead atoms. The number of hydrogen-bond acceptors (Lipinski definition) is 3. The third kappa shape index (κ3) is 2.73. The molecule has 19 heavy (non-hydrogen) atoms. The number of hydrogen-bond donors (Lipinski definition) is 0. The lowest BCUT2D eigenvalue weighted by atomic mass is 10.1. The molecule has 0 aliphatic heterocycles. The van der Waals surface area contributed by atoms with Crippen LogP contribution in [0.15, 0.2) is 43.4 Å². The van der Waals surface area contributed by atoms with Gasteiger partial charge in [-0.15, -0.1) is 0 Å². The van der Waals surface area contributed by atoms with E-state index in [0.29, 0.717) is 18.0 Å². The molecule has 0 saturated heterocycles. The van der Waals surface area contributed by atoms with Crippen molar-refractivity contribution in [3.05, 3.63) is 60.2 Å². The first-order valence-electron chi connectivity index (χ1n) is 6.09. The predicted octanol–water partition coefficient (Wildman–Crippen LogP) is 2.89. The van der Waals surface area contributed by atoms with Crippen LogP contribution in [0.3, 0.4) is 0 Å². The Morgan fingerprint density at radius 1 is 1.37 bits per heavy atom. The molecule has 0 aliphatic rings. The van der Waals surface area contributed by atoms with Crippen molar-refractivity contribution < 1.29 is 9.53 Å². The van der Waals surface area contributed by atoms with Gasteiger partial charge in [0.25, 0.3) is 0 Å². The van der Waals surface area contributed by atoms with E-state index in [9.17, 15) is 4.79 Å². The SMILES string of the molecule is C=C(c1ccc(C)cc1)n1cncc1C(=O)OCC. The van der Waals surface area contributed by atoms with E-state index in [0.717, 1.165) is 5.56 Å². The summed E-state index contributed by atoms with van der Waals surface area (Å²) in [4.78, 5) is 15.8. The number of benzene rings is 1. The summed E-state index contributed by atoms with van der Waals surface area (Å²) in [6.45, 7) is 8.14. The average Bonchev–Trinajstić information content (AvgIpc) is 2.88. The van der Waals surface area contributed by atoms with Gasteiger partial charge in [0.05, 0.1) is 19.1 Å². The Balaban J connectivity index is 2.32. The first-order valence-corrected chi connectivity index (χ1v) is 6.09. The van der Waals surface area contributed by atoms with E-state index in [1.807, 2.05) is 31.2 Å². The van der Waals surface area contributed by atoms with E-state index in [-0.39, 0.29) is 0 Å². The van der Waals surface area contributed by atoms with Crippen molar-refractivity contribution in [2.24, 2.45) is 0 Å². The van der Waals surface area contributed by atoms with Gasteiger partial charge in [0.2, 0.25) is 0 Å². The maximum absolute atomic E-state index is 11.8. The number of carbonyl (C=O) groups excluding carboxylic acids is 1. The molecule has 2 aromatic rings. The van der Waals surface area contributed by atoms with E-state index in [2.05, 4.69) is 11.6 Å². The summed E-state index contributed by atoms with van der Waals surface area (Å²) in [5.41, 5.74) is 3.19. The number of aromatic nitrogens is 2. The molecule has 0 saturated carbocycles. The average molecular weight is 256 g/mol. The Labute approximate surface area is 112 Å². The van der Waals surface area contributed by atoms with Crippen LogP contribution in [0.2, 0.25) is 0 Å². The number of rotatable bonds is 4. The van der Waals surface area contributed by atoms with E-state index in [1.54, 1.807) is 17.8 Å². The van der Waals surface area contributed by atoms with Crippen molar-refractivity contribution >= 4 is 11.7 Å². The number of aryl methyl sites for hydroxylation is 1. The molecule has 0 amide bonds. The fourth-order valence-corrected chi connectivity index (χ4v) is 1.75. The second-order valence-electron chi connectivity index (χ2n) is 4.18. The van der Waals surface area contributed by atoms with Crippen LogP contribution in [-0.2, 0) is 4.74 Å². The molecule has 0 unspecified atom stereocenters. The molecule has 2 rings (SSSR count). The minimum atomic E-state index is -0.395. The zero-order valence-electron chi connectivity index (χ0n) is 11.1. The van der Waals surface area contributed by atoms with Crippen molar-refractivity contribution in [2.75, 3.05) is 6.61 Å². The third-order valence-corrected chi connectivity index (χ3v) is 2.80. The van der Waals surface area contributed by atoms with Gasteiger partial charge in [-0.1, -0.05) is 36.4 Å².